The van der Waals surface area contributed by atoms with E-state index in [0.717, 1.165) is 44.1 Å². The van der Waals surface area contributed by atoms with E-state index in [0.29, 0.717) is 0 Å². The van der Waals surface area contributed by atoms with E-state index in [1.165, 1.54) is 0 Å². The average molecular weight is 299 g/mol. The van der Waals surface area contributed by atoms with Crippen LogP contribution in [0, 0.1) is 11.6 Å². The summed E-state index contributed by atoms with van der Waals surface area (Å²) in [5, 5.41) is 9.08. The van der Waals surface area contributed by atoms with Crippen LogP contribution in [0.25, 0.3) is 0 Å². The Morgan fingerprint density at radius 3 is 2.38 bits per heavy atom. The SMILES string of the molecule is CCCN(CCC)C(CC(=O)O)Cc1cc(F)ccc1F. The van der Waals surface area contributed by atoms with Crippen molar-refractivity contribution in [3.8, 4) is 0 Å². The standard InChI is InChI=1S/C16H23F2NO2/c1-3-7-19(8-4-2)14(11-16(20)21)10-12-9-13(17)5-6-15(12)18/h5-6,9,14H,3-4,7-8,10-11H2,1-2H3,(H,20,21). The monoisotopic (exact) mass is 299 g/mol. The first-order valence-corrected chi connectivity index (χ1v) is 7.37. The molecule has 1 aromatic rings. The molecule has 0 aliphatic carbocycles. The van der Waals surface area contributed by atoms with Gasteiger partial charge in [0.25, 0.3) is 0 Å². The second kappa shape index (κ2) is 8.72. The fourth-order valence-corrected chi connectivity index (χ4v) is 2.54. The number of benzene rings is 1. The molecule has 0 aliphatic heterocycles. The van der Waals surface area contributed by atoms with Gasteiger partial charge in [-0.05, 0) is 56.1 Å². The van der Waals surface area contributed by atoms with E-state index in [1.54, 1.807) is 0 Å². The molecular formula is C16H23F2NO2. The van der Waals surface area contributed by atoms with E-state index < -0.39 is 17.6 Å². The van der Waals surface area contributed by atoms with Crippen molar-refractivity contribution in [2.75, 3.05) is 13.1 Å². The van der Waals surface area contributed by atoms with Crippen LogP contribution in [0.1, 0.15) is 38.7 Å². The fraction of sp³-hybridized carbons (Fsp3) is 0.562. The van der Waals surface area contributed by atoms with Gasteiger partial charge >= 0.3 is 5.97 Å². The Morgan fingerprint density at radius 2 is 1.86 bits per heavy atom. The lowest BCUT2D eigenvalue weighted by Crippen LogP contribution is -2.39. The quantitative estimate of drug-likeness (QED) is 0.759. The predicted molar refractivity (Wildman–Crippen MR) is 78.3 cm³/mol. The van der Waals surface area contributed by atoms with Crippen LogP contribution in [0.4, 0.5) is 8.78 Å². The molecular weight excluding hydrogens is 276 g/mol. The largest absolute Gasteiger partial charge is 0.481 e. The smallest absolute Gasteiger partial charge is 0.304 e. The Bertz CT molecular complexity index is 460. The molecule has 0 amide bonds. The average Bonchev–Trinajstić information content (AvgIpc) is 2.41. The highest BCUT2D eigenvalue weighted by Crippen LogP contribution is 2.17. The van der Waals surface area contributed by atoms with E-state index in [9.17, 15) is 13.6 Å². The van der Waals surface area contributed by atoms with Gasteiger partial charge in [0.05, 0.1) is 6.42 Å². The van der Waals surface area contributed by atoms with Gasteiger partial charge in [-0.2, -0.15) is 0 Å². The second-order valence-corrected chi connectivity index (χ2v) is 5.23. The van der Waals surface area contributed by atoms with Crippen LogP contribution >= 0.6 is 0 Å². The molecule has 0 fully saturated rings. The highest BCUT2D eigenvalue weighted by atomic mass is 19.1. The lowest BCUT2D eigenvalue weighted by Gasteiger charge is -2.30. The molecule has 0 aliphatic rings. The molecule has 0 spiro atoms. The summed E-state index contributed by atoms with van der Waals surface area (Å²) >= 11 is 0. The Morgan fingerprint density at radius 1 is 1.24 bits per heavy atom. The number of hydrogen-bond acceptors (Lipinski definition) is 2. The highest BCUT2D eigenvalue weighted by molar-refractivity contribution is 5.67. The molecule has 118 valence electrons. The number of carboxylic acid groups (broad SMARTS) is 1. The summed E-state index contributed by atoms with van der Waals surface area (Å²) in [6.45, 7) is 5.54. The van der Waals surface area contributed by atoms with Gasteiger partial charge in [-0.25, -0.2) is 8.78 Å². The summed E-state index contributed by atoms with van der Waals surface area (Å²) in [4.78, 5) is 13.1. The molecule has 1 aromatic carbocycles. The third kappa shape index (κ3) is 5.79. The van der Waals surface area contributed by atoms with Crippen LogP contribution in [-0.4, -0.2) is 35.1 Å². The Balaban J connectivity index is 2.94. The Labute approximate surface area is 124 Å². The van der Waals surface area contributed by atoms with Crippen LogP contribution in [-0.2, 0) is 11.2 Å². The lowest BCUT2D eigenvalue weighted by molar-refractivity contribution is -0.138. The van der Waals surface area contributed by atoms with Gasteiger partial charge in [0.15, 0.2) is 0 Å². The van der Waals surface area contributed by atoms with Crippen molar-refractivity contribution in [2.24, 2.45) is 0 Å². The highest BCUT2D eigenvalue weighted by Gasteiger charge is 2.22. The number of nitrogens with zero attached hydrogens (tertiary/aromatic N) is 1. The first kappa shape index (κ1) is 17.6. The van der Waals surface area contributed by atoms with Crippen molar-refractivity contribution in [3.05, 3.63) is 35.4 Å². The van der Waals surface area contributed by atoms with Crippen molar-refractivity contribution in [1.29, 1.82) is 0 Å². The molecule has 0 saturated carbocycles. The molecule has 0 radical (unpaired) electrons. The molecule has 1 rings (SSSR count). The van der Waals surface area contributed by atoms with Crippen molar-refractivity contribution < 1.29 is 18.7 Å². The van der Waals surface area contributed by atoms with Crippen molar-refractivity contribution in [2.45, 2.75) is 45.6 Å². The number of carbonyl (C=O) groups is 1. The van der Waals surface area contributed by atoms with E-state index in [2.05, 4.69) is 4.90 Å². The summed E-state index contributed by atoms with van der Waals surface area (Å²) in [7, 11) is 0. The second-order valence-electron chi connectivity index (χ2n) is 5.23. The van der Waals surface area contributed by atoms with Gasteiger partial charge in [0.2, 0.25) is 0 Å². The molecule has 1 atom stereocenters. The molecule has 0 bridgehead atoms. The zero-order valence-corrected chi connectivity index (χ0v) is 12.6. The van der Waals surface area contributed by atoms with Crippen molar-refractivity contribution in [1.82, 2.24) is 4.90 Å². The molecule has 1 unspecified atom stereocenters. The normalized spacial score (nSPS) is 12.6. The minimum Gasteiger partial charge on any atom is -0.481 e. The van der Waals surface area contributed by atoms with Crippen LogP contribution in [0.2, 0.25) is 0 Å². The molecule has 0 saturated heterocycles. The summed E-state index contributed by atoms with van der Waals surface area (Å²) in [6.07, 6.45) is 1.91. The fourth-order valence-electron chi connectivity index (χ4n) is 2.54. The van der Waals surface area contributed by atoms with Crippen molar-refractivity contribution >= 4 is 5.97 Å². The number of rotatable bonds is 9. The summed E-state index contributed by atoms with van der Waals surface area (Å²) in [6, 6.07) is 2.99. The maximum absolute atomic E-state index is 13.8. The third-order valence-corrected chi connectivity index (χ3v) is 3.41. The maximum atomic E-state index is 13.8. The van der Waals surface area contributed by atoms with Gasteiger partial charge < -0.3 is 5.11 Å². The van der Waals surface area contributed by atoms with Gasteiger partial charge in [-0.3, -0.25) is 9.69 Å². The van der Waals surface area contributed by atoms with Gasteiger partial charge in [0, 0.05) is 6.04 Å². The topological polar surface area (TPSA) is 40.5 Å². The van der Waals surface area contributed by atoms with Gasteiger partial charge in [-0.1, -0.05) is 13.8 Å². The molecule has 1 N–H and O–H groups in total. The van der Waals surface area contributed by atoms with E-state index >= 15 is 0 Å². The molecule has 0 aromatic heterocycles. The minimum absolute atomic E-state index is 0.0735. The Kier molecular flexibility index (Phi) is 7.29. The van der Waals surface area contributed by atoms with E-state index in [1.807, 2.05) is 13.8 Å². The number of halogens is 2. The zero-order chi connectivity index (χ0) is 15.8. The van der Waals surface area contributed by atoms with Crippen LogP contribution in [0.5, 0.6) is 0 Å². The third-order valence-electron chi connectivity index (χ3n) is 3.41. The predicted octanol–water partition coefficient (Wildman–Crippen LogP) is 3.47. The first-order valence-electron chi connectivity index (χ1n) is 7.37. The molecule has 21 heavy (non-hydrogen) atoms. The Hall–Kier alpha value is -1.49. The first-order chi connectivity index (χ1) is 9.97. The minimum atomic E-state index is -0.922. The maximum Gasteiger partial charge on any atom is 0.304 e. The van der Waals surface area contributed by atoms with E-state index in [-0.39, 0.29) is 24.4 Å². The number of aliphatic carboxylic acids is 1. The molecule has 3 nitrogen and oxygen atoms in total. The lowest BCUT2D eigenvalue weighted by atomic mass is 10.0. The summed E-state index contributed by atoms with van der Waals surface area (Å²) in [5.74, 6) is -1.91. The van der Waals surface area contributed by atoms with Crippen molar-refractivity contribution in [3.63, 3.8) is 0 Å². The molecule has 0 heterocycles. The number of hydrogen-bond donors (Lipinski definition) is 1. The molecule has 5 heteroatoms. The zero-order valence-electron chi connectivity index (χ0n) is 12.6. The summed E-state index contributed by atoms with van der Waals surface area (Å²) in [5.41, 5.74) is 0.235. The van der Waals surface area contributed by atoms with Gasteiger partial charge in [0.1, 0.15) is 11.6 Å². The van der Waals surface area contributed by atoms with Crippen LogP contribution < -0.4 is 0 Å². The van der Waals surface area contributed by atoms with Crippen LogP contribution in [0.15, 0.2) is 18.2 Å². The summed E-state index contributed by atoms with van der Waals surface area (Å²) < 4.78 is 27.0. The van der Waals surface area contributed by atoms with Gasteiger partial charge in [-0.15, -0.1) is 0 Å². The van der Waals surface area contributed by atoms with Crippen LogP contribution in [0.3, 0.4) is 0 Å². The van der Waals surface area contributed by atoms with E-state index in [4.69, 9.17) is 5.11 Å². The number of carboxylic acids is 1.